The van der Waals surface area contributed by atoms with Gasteiger partial charge in [0.25, 0.3) is 5.91 Å². The fourth-order valence-corrected chi connectivity index (χ4v) is 2.22. The van der Waals surface area contributed by atoms with Gasteiger partial charge in [-0.25, -0.2) is 0 Å². The summed E-state index contributed by atoms with van der Waals surface area (Å²) >= 11 is 8.60. The molecule has 0 saturated heterocycles. The van der Waals surface area contributed by atoms with E-state index in [0.717, 1.165) is 10.0 Å². The van der Waals surface area contributed by atoms with Gasteiger partial charge in [0, 0.05) is 23.6 Å². The maximum Gasteiger partial charge on any atom is 0.257 e. The molecule has 0 spiro atoms. The SMILES string of the molecule is CN(Cc1ccccc1)C(=S)NC(=O)c1ccc(Br)cc1. The molecule has 5 heteroatoms. The minimum atomic E-state index is -0.201. The molecule has 0 aromatic heterocycles. The predicted molar refractivity (Wildman–Crippen MR) is 92.1 cm³/mol. The maximum absolute atomic E-state index is 12.1. The van der Waals surface area contributed by atoms with Crippen LogP contribution in [0.4, 0.5) is 0 Å². The van der Waals surface area contributed by atoms with Crippen LogP contribution in [0.2, 0.25) is 0 Å². The van der Waals surface area contributed by atoms with E-state index in [1.54, 1.807) is 12.1 Å². The monoisotopic (exact) mass is 362 g/mol. The molecular formula is C16H15BrN2OS. The third-order valence-corrected chi connectivity index (χ3v) is 3.88. The number of nitrogens with one attached hydrogen (secondary N) is 1. The molecule has 0 heterocycles. The smallest absolute Gasteiger partial charge is 0.257 e. The summed E-state index contributed by atoms with van der Waals surface area (Å²) in [5, 5.41) is 3.15. The van der Waals surface area contributed by atoms with Crippen LogP contribution >= 0.6 is 28.1 Å². The van der Waals surface area contributed by atoms with Gasteiger partial charge in [-0.05, 0) is 42.0 Å². The van der Waals surface area contributed by atoms with Gasteiger partial charge in [0.15, 0.2) is 5.11 Å². The number of carbonyl (C=O) groups excluding carboxylic acids is 1. The van der Waals surface area contributed by atoms with E-state index in [4.69, 9.17) is 12.2 Å². The number of hydrogen-bond donors (Lipinski definition) is 1. The van der Waals surface area contributed by atoms with E-state index in [0.29, 0.717) is 17.2 Å². The van der Waals surface area contributed by atoms with Crippen LogP contribution in [0.25, 0.3) is 0 Å². The lowest BCUT2D eigenvalue weighted by atomic mass is 10.2. The number of thiocarbonyl (C=S) groups is 1. The van der Waals surface area contributed by atoms with E-state index in [1.165, 1.54) is 0 Å². The first-order valence-corrected chi connectivity index (χ1v) is 7.62. The number of benzene rings is 2. The van der Waals surface area contributed by atoms with Gasteiger partial charge in [-0.2, -0.15) is 0 Å². The lowest BCUT2D eigenvalue weighted by molar-refractivity contribution is 0.0973. The Bertz CT molecular complexity index is 628. The van der Waals surface area contributed by atoms with Crippen molar-refractivity contribution < 1.29 is 4.79 Å². The van der Waals surface area contributed by atoms with Crippen LogP contribution < -0.4 is 5.32 Å². The third-order valence-electron chi connectivity index (χ3n) is 2.94. The zero-order valence-corrected chi connectivity index (χ0v) is 13.9. The summed E-state index contributed by atoms with van der Waals surface area (Å²) in [4.78, 5) is 13.9. The van der Waals surface area contributed by atoms with Crippen molar-refractivity contribution in [3.05, 3.63) is 70.2 Å². The summed E-state index contributed by atoms with van der Waals surface area (Å²) in [5.74, 6) is -0.201. The van der Waals surface area contributed by atoms with Gasteiger partial charge in [0.1, 0.15) is 0 Å². The zero-order valence-electron chi connectivity index (χ0n) is 11.5. The van der Waals surface area contributed by atoms with Gasteiger partial charge in [0.05, 0.1) is 0 Å². The number of amides is 1. The Morgan fingerprint density at radius 2 is 1.76 bits per heavy atom. The van der Waals surface area contributed by atoms with Crippen molar-refractivity contribution in [2.45, 2.75) is 6.54 Å². The highest BCUT2D eigenvalue weighted by Crippen LogP contribution is 2.10. The van der Waals surface area contributed by atoms with Crippen LogP contribution in [-0.4, -0.2) is 23.0 Å². The van der Waals surface area contributed by atoms with Crippen molar-refractivity contribution >= 4 is 39.2 Å². The molecule has 1 amide bonds. The van der Waals surface area contributed by atoms with Gasteiger partial charge >= 0.3 is 0 Å². The lowest BCUT2D eigenvalue weighted by Crippen LogP contribution is -2.40. The molecule has 2 rings (SSSR count). The Labute approximate surface area is 138 Å². The average Bonchev–Trinajstić information content (AvgIpc) is 2.48. The maximum atomic E-state index is 12.1. The quantitative estimate of drug-likeness (QED) is 0.846. The van der Waals surface area contributed by atoms with Gasteiger partial charge in [-0.3, -0.25) is 10.1 Å². The second-order valence-electron chi connectivity index (χ2n) is 4.61. The van der Waals surface area contributed by atoms with Crippen molar-refractivity contribution in [2.75, 3.05) is 7.05 Å². The van der Waals surface area contributed by atoms with Crippen LogP contribution in [-0.2, 0) is 6.54 Å². The molecule has 2 aromatic carbocycles. The van der Waals surface area contributed by atoms with Crippen LogP contribution in [0.5, 0.6) is 0 Å². The zero-order chi connectivity index (χ0) is 15.2. The molecule has 21 heavy (non-hydrogen) atoms. The van der Waals surface area contributed by atoms with Gasteiger partial charge < -0.3 is 4.90 Å². The van der Waals surface area contributed by atoms with Crippen molar-refractivity contribution in [1.82, 2.24) is 10.2 Å². The Morgan fingerprint density at radius 1 is 1.14 bits per heavy atom. The molecule has 0 aliphatic heterocycles. The Kier molecular flexibility index (Phi) is 5.47. The Morgan fingerprint density at radius 3 is 2.38 bits per heavy atom. The Balaban J connectivity index is 1.94. The summed E-state index contributed by atoms with van der Waals surface area (Å²) in [6, 6.07) is 17.1. The number of hydrogen-bond acceptors (Lipinski definition) is 2. The molecule has 1 N–H and O–H groups in total. The molecule has 0 unspecified atom stereocenters. The summed E-state index contributed by atoms with van der Waals surface area (Å²) < 4.78 is 0.933. The normalized spacial score (nSPS) is 10.0. The predicted octanol–water partition coefficient (Wildman–Crippen LogP) is 3.60. The minimum absolute atomic E-state index is 0.201. The van der Waals surface area contributed by atoms with Crippen molar-refractivity contribution in [2.24, 2.45) is 0 Å². The molecule has 0 fully saturated rings. The number of halogens is 1. The van der Waals surface area contributed by atoms with Crippen LogP contribution in [0.15, 0.2) is 59.1 Å². The van der Waals surface area contributed by atoms with Crippen molar-refractivity contribution in [3.63, 3.8) is 0 Å². The first-order valence-electron chi connectivity index (χ1n) is 6.42. The van der Waals surface area contributed by atoms with Crippen molar-refractivity contribution in [1.29, 1.82) is 0 Å². The highest BCUT2D eigenvalue weighted by molar-refractivity contribution is 9.10. The summed E-state index contributed by atoms with van der Waals surface area (Å²) in [6.45, 7) is 0.653. The molecule has 2 aromatic rings. The second-order valence-corrected chi connectivity index (χ2v) is 5.91. The number of carbonyl (C=O) groups is 1. The fourth-order valence-electron chi connectivity index (χ4n) is 1.80. The summed E-state index contributed by atoms with van der Waals surface area (Å²) in [7, 11) is 1.86. The second kappa shape index (κ2) is 7.33. The van der Waals surface area contributed by atoms with Gasteiger partial charge in [-0.15, -0.1) is 0 Å². The third kappa shape index (κ3) is 4.65. The Hall–Kier alpha value is -1.72. The first-order chi connectivity index (χ1) is 10.1. The molecule has 0 saturated carbocycles. The van der Waals surface area contributed by atoms with Gasteiger partial charge in [0.2, 0.25) is 0 Å². The van der Waals surface area contributed by atoms with E-state index < -0.39 is 0 Å². The molecule has 108 valence electrons. The molecule has 0 bridgehead atoms. The van der Waals surface area contributed by atoms with E-state index in [9.17, 15) is 4.79 Å². The topological polar surface area (TPSA) is 32.3 Å². The molecule has 0 atom stereocenters. The highest BCUT2D eigenvalue weighted by atomic mass is 79.9. The van der Waals surface area contributed by atoms with E-state index in [1.807, 2.05) is 54.4 Å². The largest absolute Gasteiger partial charge is 0.348 e. The summed E-state index contributed by atoms with van der Waals surface area (Å²) in [5.41, 5.74) is 1.72. The number of nitrogens with zero attached hydrogens (tertiary/aromatic N) is 1. The van der Waals surface area contributed by atoms with Gasteiger partial charge in [-0.1, -0.05) is 46.3 Å². The molecule has 3 nitrogen and oxygen atoms in total. The lowest BCUT2D eigenvalue weighted by Gasteiger charge is -2.20. The fraction of sp³-hybridized carbons (Fsp3) is 0.125. The standard InChI is InChI=1S/C16H15BrN2OS/c1-19(11-12-5-3-2-4-6-12)16(21)18-15(20)13-7-9-14(17)10-8-13/h2-10H,11H2,1H3,(H,18,20,21). The van der Waals surface area contributed by atoms with Crippen LogP contribution in [0.3, 0.4) is 0 Å². The average molecular weight is 363 g/mol. The summed E-state index contributed by atoms with van der Waals surface area (Å²) in [6.07, 6.45) is 0. The number of rotatable bonds is 3. The molecule has 0 radical (unpaired) electrons. The van der Waals surface area contributed by atoms with Crippen molar-refractivity contribution in [3.8, 4) is 0 Å². The first kappa shape index (κ1) is 15.7. The van der Waals surface area contributed by atoms with Crippen LogP contribution in [0.1, 0.15) is 15.9 Å². The molecule has 0 aliphatic rings. The van der Waals surface area contributed by atoms with E-state index >= 15 is 0 Å². The van der Waals surface area contributed by atoms with E-state index in [2.05, 4.69) is 21.2 Å². The molecular weight excluding hydrogens is 348 g/mol. The van der Waals surface area contributed by atoms with Crippen LogP contribution in [0, 0.1) is 0 Å². The highest BCUT2D eigenvalue weighted by Gasteiger charge is 2.11. The molecule has 0 aliphatic carbocycles. The minimum Gasteiger partial charge on any atom is -0.348 e. The van der Waals surface area contributed by atoms with E-state index in [-0.39, 0.29) is 5.91 Å².